The summed E-state index contributed by atoms with van der Waals surface area (Å²) in [4.78, 5) is 38.8. The van der Waals surface area contributed by atoms with Crippen molar-refractivity contribution < 1.29 is 19.5 Å². The molecule has 0 spiro atoms. The van der Waals surface area contributed by atoms with E-state index in [-0.39, 0.29) is 12.2 Å². The topological polar surface area (TPSA) is 137 Å². The maximum atomic E-state index is 12.6. The number of para-hydroxylation sites is 1. The Morgan fingerprint density at radius 3 is 2.46 bits per heavy atom. The lowest BCUT2D eigenvalue weighted by Crippen LogP contribution is -2.55. The van der Waals surface area contributed by atoms with Crippen LogP contribution in [0.2, 0.25) is 0 Å². The fourth-order valence-electron chi connectivity index (χ4n) is 2.49. The van der Waals surface area contributed by atoms with Gasteiger partial charge in [-0.2, -0.15) is 12.6 Å². The van der Waals surface area contributed by atoms with Crippen LogP contribution < -0.4 is 16.4 Å². The highest BCUT2D eigenvalue weighted by Crippen LogP contribution is 2.19. The number of benzene rings is 1. The molecule has 1 aromatic heterocycles. The number of nitrogens with one attached hydrogen (secondary N) is 3. The van der Waals surface area contributed by atoms with Gasteiger partial charge >= 0.3 is 5.97 Å². The van der Waals surface area contributed by atoms with E-state index in [0.29, 0.717) is 0 Å². The van der Waals surface area contributed by atoms with Crippen LogP contribution in [0, 0.1) is 0 Å². The number of nitrogens with two attached hydrogens (primary N) is 1. The van der Waals surface area contributed by atoms with Crippen LogP contribution in [-0.4, -0.2) is 51.8 Å². The average molecular weight is 378 g/mol. The van der Waals surface area contributed by atoms with Gasteiger partial charge in [-0.3, -0.25) is 9.59 Å². The van der Waals surface area contributed by atoms with Gasteiger partial charge in [0, 0.05) is 29.3 Å². The zero-order chi connectivity index (χ0) is 19.3. The summed E-state index contributed by atoms with van der Waals surface area (Å²) in [6, 6.07) is 4.64. The highest BCUT2D eigenvalue weighted by Gasteiger charge is 2.27. The number of carboxylic acid groups (broad SMARTS) is 1. The Labute approximate surface area is 155 Å². The van der Waals surface area contributed by atoms with Crippen molar-refractivity contribution in [2.75, 3.05) is 5.75 Å². The van der Waals surface area contributed by atoms with Crippen LogP contribution in [0.4, 0.5) is 0 Å². The molecule has 2 aromatic rings. The molecule has 0 bridgehead atoms. The van der Waals surface area contributed by atoms with Crippen LogP contribution in [0.3, 0.4) is 0 Å². The molecule has 1 heterocycles. The summed E-state index contributed by atoms with van der Waals surface area (Å²) < 4.78 is 0. The summed E-state index contributed by atoms with van der Waals surface area (Å²) in [6.45, 7) is 1.50. The van der Waals surface area contributed by atoms with Crippen LogP contribution >= 0.6 is 12.6 Å². The minimum atomic E-state index is -1.20. The van der Waals surface area contributed by atoms with E-state index >= 15 is 0 Å². The maximum Gasteiger partial charge on any atom is 0.327 e. The van der Waals surface area contributed by atoms with E-state index in [2.05, 4.69) is 28.2 Å². The number of fused-ring (bicyclic) bond motifs is 1. The number of aromatic amines is 1. The number of carbonyl (C=O) groups is 3. The van der Waals surface area contributed by atoms with Crippen LogP contribution in [-0.2, 0) is 20.8 Å². The first-order valence-corrected chi connectivity index (χ1v) is 8.71. The van der Waals surface area contributed by atoms with Crippen molar-refractivity contribution in [3.8, 4) is 0 Å². The lowest BCUT2D eigenvalue weighted by molar-refractivity contribution is -0.141. The zero-order valence-electron chi connectivity index (χ0n) is 14.2. The molecule has 8 nitrogen and oxygen atoms in total. The minimum Gasteiger partial charge on any atom is -0.480 e. The van der Waals surface area contributed by atoms with E-state index < -0.39 is 35.9 Å². The van der Waals surface area contributed by atoms with Crippen molar-refractivity contribution in [2.24, 2.45) is 5.73 Å². The molecule has 9 heteroatoms. The Balaban J connectivity index is 2.24. The average Bonchev–Trinajstić information content (AvgIpc) is 3.01. The van der Waals surface area contributed by atoms with E-state index in [0.717, 1.165) is 16.5 Å². The predicted octanol–water partition coefficient (Wildman–Crippen LogP) is 0.0416. The summed E-state index contributed by atoms with van der Waals surface area (Å²) >= 11 is 3.93. The Kier molecular flexibility index (Phi) is 6.64. The van der Waals surface area contributed by atoms with Crippen molar-refractivity contribution >= 4 is 41.3 Å². The van der Waals surface area contributed by atoms with E-state index in [9.17, 15) is 14.4 Å². The van der Waals surface area contributed by atoms with Gasteiger partial charge in [0.1, 0.15) is 12.1 Å². The molecule has 0 aliphatic heterocycles. The molecule has 0 aliphatic rings. The molecule has 1 aromatic carbocycles. The van der Waals surface area contributed by atoms with Gasteiger partial charge in [-0.15, -0.1) is 0 Å². The molecule has 0 saturated carbocycles. The smallest absolute Gasteiger partial charge is 0.327 e. The molecule has 2 amide bonds. The Morgan fingerprint density at radius 1 is 1.19 bits per heavy atom. The fraction of sp³-hybridized carbons (Fsp3) is 0.353. The molecule has 2 rings (SSSR count). The van der Waals surface area contributed by atoms with Crippen LogP contribution in [0.15, 0.2) is 30.5 Å². The van der Waals surface area contributed by atoms with Gasteiger partial charge in [0.15, 0.2) is 0 Å². The monoisotopic (exact) mass is 378 g/mol. The molecule has 26 heavy (non-hydrogen) atoms. The van der Waals surface area contributed by atoms with Gasteiger partial charge < -0.3 is 26.5 Å². The standard InChI is InChI=1S/C17H22N4O4S/c1-9(18)15(22)20-13(16(23)21-14(8-26)17(24)25)6-10-7-19-12-5-3-2-4-11(10)12/h2-5,7,9,13-14,19,26H,6,8,18H2,1H3,(H,20,22)(H,21,23)(H,24,25)/t9-,13-,14-/m0/s1. The number of amides is 2. The zero-order valence-corrected chi connectivity index (χ0v) is 15.1. The number of thiol groups is 1. The van der Waals surface area contributed by atoms with Gasteiger partial charge in [0.2, 0.25) is 11.8 Å². The molecule has 0 fully saturated rings. The number of rotatable bonds is 8. The Bertz CT molecular complexity index is 805. The van der Waals surface area contributed by atoms with Crippen molar-refractivity contribution in [2.45, 2.75) is 31.5 Å². The lowest BCUT2D eigenvalue weighted by Gasteiger charge is -2.21. The number of carbonyl (C=O) groups excluding carboxylic acids is 2. The van der Waals surface area contributed by atoms with Crippen molar-refractivity contribution in [3.05, 3.63) is 36.0 Å². The SMILES string of the molecule is C[C@H](N)C(=O)N[C@@H](Cc1c[nH]c2ccccc12)C(=O)N[C@@H](CS)C(=O)O. The highest BCUT2D eigenvalue weighted by molar-refractivity contribution is 7.80. The van der Waals surface area contributed by atoms with E-state index in [1.54, 1.807) is 6.20 Å². The number of aliphatic carboxylic acids is 1. The molecule has 0 unspecified atom stereocenters. The van der Waals surface area contributed by atoms with E-state index in [1.807, 2.05) is 24.3 Å². The van der Waals surface area contributed by atoms with Gasteiger partial charge in [0.25, 0.3) is 0 Å². The molecule has 6 N–H and O–H groups in total. The van der Waals surface area contributed by atoms with Crippen LogP contribution in [0.5, 0.6) is 0 Å². The molecule has 0 radical (unpaired) electrons. The third-order valence-corrected chi connectivity index (χ3v) is 4.31. The molecule has 0 saturated heterocycles. The summed E-state index contributed by atoms with van der Waals surface area (Å²) in [6.07, 6.45) is 1.95. The Morgan fingerprint density at radius 2 is 1.85 bits per heavy atom. The first-order valence-electron chi connectivity index (χ1n) is 8.08. The summed E-state index contributed by atoms with van der Waals surface area (Å²) in [5.74, 6) is -2.37. The quantitative estimate of drug-likeness (QED) is 0.360. The first kappa shape index (κ1) is 19.8. The van der Waals surface area contributed by atoms with Crippen LogP contribution in [0.1, 0.15) is 12.5 Å². The van der Waals surface area contributed by atoms with E-state index in [4.69, 9.17) is 10.8 Å². The van der Waals surface area contributed by atoms with Gasteiger partial charge in [0.05, 0.1) is 6.04 Å². The van der Waals surface area contributed by atoms with Crippen molar-refractivity contribution in [1.82, 2.24) is 15.6 Å². The number of aromatic nitrogens is 1. The number of H-pyrrole nitrogens is 1. The predicted molar refractivity (Wildman–Crippen MR) is 101 cm³/mol. The van der Waals surface area contributed by atoms with Gasteiger partial charge in [-0.05, 0) is 18.6 Å². The van der Waals surface area contributed by atoms with Crippen LogP contribution in [0.25, 0.3) is 10.9 Å². The Hall–Kier alpha value is -2.52. The van der Waals surface area contributed by atoms with Gasteiger partial charge in [-0.25, -0.2) is 4.79 Å². The van der Waals surface area contributed by atoms with Crippen molar-refractivity contribution in [3.63, 3.8) is 0 Å². The summed E-state index contributed by atoms with van der Waals surface area (Å²) in [5, 5.41) is 15.0. The lowest BCUT2D eigenvalue weighted by atomic mass is 10.0. The van der Waals surface area contributed by atoms with Crippen molar-refractivity contribution in [1.29, 1.82) is 0 Å². The molecular formula is C17H22N4O4S. The second kappa shape index (κ2) is 8.72. The largest absolute Gasteiger partial charge is 0.480 e. The summed E-state index contributed by atoms with van der Waals surface area (Å²) in [7, 11) is 0. The molecule has 3 atom stereocenters. The molecular weight excluding hydrogens is 356 g/mol. The number of hydrogen-bond acceptors (Lipinski definition) is 5. The molecule has 140 valence electrons. The first-order chi connectivity index (χ1) is 12.3. The van der Waals surface area contributed by atoms with E-state index in [1.165, 1.54) is 6.92 Å². The third kappa shape index (κ3) is 4.77. The number of carboxylic acids is 1. The number of hydrogen-bond donors (Lipinski definition) is 6. The second-order valence-electron chi connectivity index (χ2n) is 6.00. The maximum absolute atomic E-state index is 12.6. The third-order valence-electron chi connectivity index (χ3n) is 3.94. The summed E-state index contributed by atoms with van der Waals surface area (Å²) in [5.41, 5.74) is 7.29. The second-order valence-corrected chi connectivity index (χ2v) is 6.36. The fourth-order valence-corrected chi connectivity index (χ4v) is 2.74. The minimum absolute atomic E-state index is 0.0673. The molecule has 0 aliphatic carbocycles. The normalized spacial score (nSPS) is 14.4. The van der Waals surface area contributed by atoms with Gasteiger partial charge in [-0.1, -0.05) is 18.2 Å². The highest BCUT2D eigenvalue weighted by atomic mass is 32.1.